The number of nitrogens with zero attached hydrogens (tertiary/aromatic N) is 2. The summed E-state index contributed by atoms with van der Waals surface area (Å²) in [5, 5.41) is 0. The zero-order chi connectivity index (χ0) is 9.56. The fourth-order valence-electron chi connectivity index (χ4n) is 1.09. The number of amidine groups is 1. The van der Waals surface area contributed by atoms with Gasteiger partial charge in [-0.1, -0.05) is 13.0 Å². The van der Waals surface area contributed by atoms with Gasteiger partial charge in [0, 0.05) is 6.20 Å². The van der Waals surface area contributed by atoms with E-state index < -0.39 is 0 Å². The summed E-state index contributed by atoms with van der Waals surface area (Å²) in [5.41, 5.74) is 5.77. The van der Waals surface area contributed by atoms with Crippen LogP contribution in [0.4, 0.5) is 0 Å². The van der Waals surface area contributed by atoms with Crippen LogP contribution in [0.3, 0.4) is 0 Å². The molecule has 1 unspecified atom stereocenters. The third-order valence-electron chi connectivity index (χ3n) is 1.72. The maximum Gasteiger partial charge on any atom is 0.116 e. The molecule has 12 heavy (non-hydrogen) atoms. The van der Waals surface area contributed by atoms with Crippen molar-refractivity contribution >= 4 is 5.84 Å². The predicted molar refractivity (Wildman–Crippen MR) is 54.2 cm³/mol. The van der Waals surface area contributed by atoms with E-state index in [1.165, 1.54) is 0 Å². The van der Waals surface area contributed by atoms with Crippen molar-refractivity contribution in [2.24, 2.45) is 10.7 Å². The molecule has 1 atom stereocenters. The van der Waals surface area contributed by atoms with Crippen LogP contribution in [0.2, 0.25) is 0 Å². The number of allylic oxidation sites excluding steroid dienone is 1. The van der Waals surface area contributed by atoms with Crippen LogP contribution in [-0.2, 0) is 0 Å². The van der Waals surface area contributed by atoms with Gasteiger partial charge in [0.05, 0.1) is 6.04 Å². The van der Waals surface area contributed by atoms with Gasteiger partial charge in [0.15, 0.2) is 0 Å². The normalized spacial score (nSPS) is 15.9. The first kappa shape index (κ1) is 11.2. The van der Waals surface area contributed by atoms with Gasteiger partial charge in [-0.05, 0) is 27.4 Å². The van der Waals surface area contributed by atoms with E-state index in [4.69, 9.17) is 5.73 Å². The molecule has 3 heteroatoms. The molecular formula is C9H19N3. The fraction of sp³-hybridized carbons (Fsp3) is 0.667. The highest BCUT2D eigenvalue weighted by atomic mass is 15.1. The Morgan fingerprint density at radius 3 is 2.50 bits per heavy atom. The second-order valence-corrected chi connectivity index (χ2v) is 2.92. The van der Waals surface area contributed by atoms with E-state index >= 15 is 0 Å². The molecule has 70 valence electrons. The molecule has 0 fully saturated rings. The standard InChI is InChI=1S/C9H19N3/c1-5-7-11-9(10)8(6-2)12(3)4/h5,7-8H,6H2,1-4H3,(H2,10,11)/b7-5+. The highest BCUT2D eigenvalue weighted by Crippen LogP contribution is 1.98. The van der Waals surface area contributed by atoms with Gasteiger partial charge in [-0.2, -0.15) is 0 Å². The second-order valence-electron chi connectivity index (χ2n) is 2.92. The van der Waals surface area contributed by atoms with Crippen LogP contribution >= 0.6 is 0 Å². The third-order valence-corrected chi connectivity index (χ3v) is 1.72. The van der Waals surface area contributed by atoms with Crippen molar-refractivity contribution in [2.45, 2.75) is 26.3 Å². The van der Waals surface area contributed by atoms with Crippen molar-refractivity contribution in [2.75, 3.05) is 14.1 Å². The molecule has 0 aromatic carbocycles. The van der Waals surface area contributed by atoms with Crippen molar-refractivity contribution in [1.29, 1.82) is 0 Å². The Morgan fingerprint density at radius 2 is 2.17 bits per heavy atom. The molecule has 0 saturated heterocycles. The summed E-state index contributed by atoms with van der Waals surface area (Å²) >= 11 is 0. The quantitative estimate of drug-likeness (QED) is 0.508. The van der Waals surface area contributed by atoms with Gasteiger partial charge in [-0.3, -0.25) is 4.90 Å². The molecule has 0 aliphatic rings. The van der Waals surface area contributed by atoms with Crippen LogP contribution in [0.5, 0.6) is 0 Å². The van der Waals surface area contributed by atoms with E-state index in [1.54, 1.807) is 6.20 Å². The molecule has 3 nitrogen and oxygen atoms in total. The minimum absolute atomic E-state index is 0.251. The fourth-order valence-corrected chi connectivity index (χ4v) is 1.09. The second kappa shape index (κ2) is 5.77. The van der Waals surface area contributed by atoms with Gasteiger partial charge >= 0.3 is 0 Å². The van der Waals surface area contributed by atoms with E-state index in [-0.39, 0.29) is 6.04 Å². The van der Waals surface area contributed by atoms with E-state index in [0.717, 1.165) is 6.42 Å². The Morgan fingerprint density at radius 1 is 1.58 bits per heavy atom. The van der Waals surface area contributed by atoms with Gasteiger partial charge < -0.3 is 5.73 Å². The molecule has 0 bridgehead atoms. The number of nitrogens with two attached hydrogens (primary N) is 1. The van der Waals surface area contributed by atoms with Gasteiger partial charge in [0.1, 0.15) is 5.84 Å². The highest BCUT2D eigenvalue weighted by Gasteiger charge is 2.11. The van der Waals surface area contributed by atoms with Gasteiger partial charge in [0.25, 0.3) is 0 Å². The summed E-state index contributed by atoms with van der Waals surface area (Å²) in [5.74, 6) is 0.681. The minimum atomic E-state index is 0.251. The van der Waals surface area contributed by atoms with Crippen molar-refractivity contribution in [3.63, 3.8) is 0 Å². The van der Waals surface area contributed by atoms with E-state index in [1.807, 2.05) is 27.1 Å². The van der Waals surface area contributed by atoms with Gasteiger partial charge in [0.2, 0.25) is 0 Å². The lowest BCUT2D eigenvalue weighted by Crippen LogP contribution is -2.39. The van der Waals surface area contributed by atoms with Crippen LogP contribution in [0.1, 0.15) is 20.3 Å². The first-order chi connectivity index (χ1) is 5.63. The summed E-state index contributed by atoms with van der Waals surface area (Å²) in [6.45, 7) is 4.02. The summed E-state index contributed by atoms with van der Waals surface area (Å²) < 4.78 is 0. The predicted octanol–water partition coefficient (Wildman–Crippen LogP) is 1.22. The molecule has 0 saturated carbocycles. The minimum Gasteiger partial charge on any atom is -0.386 e. The maximum atomic E-state index is 5.77. The van der Waals surface area contributed by atoms with Crippen LogP contribution in [0.15, 0.2) is 17.3 Å². The zero-order valence-electron chi connectivity index (χ0n) is 8.41. The molecule has 0 aromatic heterocycles. The Balaban J connectivity index is 4.30. The highest BCUT2D eigenvalue weighted by molar-refractivity contribution is 5.86. The zero-order valence-corrected chi connectivity index (χ0v) is 8.41. The van der Waals surface area contributed by atoms with E-state index in [9.17, 15) is 0 Å². The molecule has 0 spiro atoms. The largest absolute Gasteiger partial charge is 0.386 e. The molecular weight excluding hydrogens is 150 g/mol. The smallest absolute Gasteiger partial charge is 0.116 e. The summed E-state index contributed by atoms with van der Waals surface area (Å²) in [6, 6.07) is 0.251. The molecule has 0 aliphatic carbocycles. The van der Waals surface area contributed by atoms with Crippen molar-refractivity contribution < 1.29 is 0 Å². The Hall–Kier alpha value is -0.830. The number of rotatable bonds is 4. The van der Waals surface area contributed by atoms with Crippen LogP contribution in [0, 0.1) is 0 Å². The number of hydrogen-bond acceptors (Lipinski definition) is 2. The molecule has 0 amide bonds. The van der Waals surface area contributed by atoms with Crippen LogP contribution < -0.4 is 5.73 Å². The third kappa shape index (κ3) is 3.53. The van der Waals surface area contributed by atoms with Crippen LogP contribution in [0.25, 0.3) is 0 Å². The Kier molecular flexibility index (Phi) is 5.37. The molecule has 0 aliphatic heterocycles. The van der Waals surface area contributed by atoms with E-state index in [0.29, 0.717) is 5.84 Å². The summed E-state index contributed by atoms with van der Waals surface area (Å²) in [7, 11) is 4.01. The maximum absolute atomic E-state index is 5.77. The first-order valence-electron chi connectivity index (χ1n) is 4.24. The monoisotopic (exact) mass is 169 g/mol. The number of hydrogen-bond donors (Lipinski definition) is 1. The Labute approximate surface area is 75.0 Å². The number of likely N-dealkylation sites (N-methyl/N-ethyl adjacent to an activating group) is 1. The van der Waals surface area contributed by atoms with E-state index in [2.05, 4.69) is 16.8 Å². The molecule has 2 N–H and O–H groups in total. The number of aliphatic imine (C=N–C) groups is 1. The summed E-state index contributed by atoms with van der Waals surface area (Å²) in [4.78, 5) is 6.18. The topological polar surface area (TPSA) is 41.6 Å². The lowest BCUT2D eigenvalue weighted by Gasteiger charge is -2.21. The van der Waals surface area contributed by atoms with Crippen molar-refractivity contribution in [3.05, 3.63) is 12.3 Å². The summed E-state index contributed by atoms with van der Waals surface area (Å²) in [6.07, 6.45) is 4.58. The van der Waals surface area contributed by atoms with Gasteiger partial charge in [-0.25, -0.2) is 4.99 Å². The first-order valence-corrected chi connectivity index (χ1v) is 4.24. The van der Waals surface area contributed by atoms with Gasteiger partial charge in [-0.15, -0.1) is 0 Å². The molecule has 0 radical (unpaired) electrons. The van der Waals surface area contributed by atoms with Crippen LogP contribution in [-0.4, -0.2) is 30.9 Å². The van der Waals surface area contributed by atoms with Crippen molar-refractivity contribution in [1.82, 2.24) is 4.90 Å². The van der Waals surface area contributed by atoms with Crippen molar-refractivity contribution in [3.8, 4) is 0 Å². The molecule has 0 heterocycles. The molecule has 0 aromatic rings. The lowest BCUT2D eigenvalue weighted by molar-refractivity contribution is 0.352. The molecule has 0 rings (SSSR count). The lowest BCUT2D eigenvalue weighted by atomic mass is 10.2. The Bertz CT molecular complexity index is 171. The average molecular weight is 169 g/mol. The SMILES string of the molecule is C/C=C/N=C(N)C(CC)N(C)C. The average Bonchev–Trinajstić information content (AvgIpc) is 2.01.